The number of nitrogens with two attached hydrogens (primary N) is 1. The minimum Gasteiger partial charge on any atom is -0.329 e. The van der Waals surface area contributed by atoms with E-state index in [1.54, 1.807) is 0 Å². The Morgan fingerprint density at radius 2 is 2.13 bits per heavy atom. The van der Waals surface area contributed by atoms with Crippen LogP contribution < -0.4 is 5.73 Å². The molecule has 0 bridgehead atoms. The largest absolute Gasteiger partial charge is 0.329 e. The highest BCUT2D eigenvalue weighted by Gasteiger charge is 2.38. The third-order valence-electron chi connectivity index (χ3n) is 3.79. The summed E-state index contributed by atoms with van der Waals surface area (Å²) in [6.45, 7) is 6.44. The van der Waals surface area contributed by atoms with E-state index in [1.807, 2.05) is 6.08 Å². The summed E-state index contributed by atoms with van der Waals surface area (Å²) in [6, 6.07) is 0. The predicted molar refractivity (Wildman–Crippen MR) is 63.6 cm³/mol. The molecule has 0 heterocycles. The first-order valence-electron chi connectivity index (χ1n) is 5.99. The molecule has 86 valence electrons. The van der Waals surface area contributed by atoms with Crippen molar-refractivity contribution in [2.24, 2.45) is 17.1 Å². The first kappa shape index (κ1) is 12.4. The monoisotopic (exact) mass is 209 g/mol. The second kappa shape index (κ2) is 5.45. The summed E-state index contributed by atoms with van der Waals surface area (Å²) in [5.41, 5.74) is 5.61. The molecule has 2 heteroatoms. The molecular formula is C13H23NO. The fraction of sp³-hybridized carbons (Fsp3) is 0.769. The summed E-state index contributed by atoms with van der Waals surface area (Å²) in [5, 5.41) is 0. The average Bonchev–Trinajstić information content (AvgIpc) is 2.27. The number of carbonyl (C=O) groups is 1. The lowest BCUT2D eigenvalue weighted by atomic mass is 9.67. The lowest BCUT2D eigenvalue weighted by Crippen LogP contribution is -2.41. The van der Waals surface area contributed by atoms with E-state index < -0.39 is 0 Å². The van der Waals surface area contributed by atoms with Crippen LogP contribution >= 0.6 is 0 Å². The van der Waals surface area contributed by atoms with Crippen molar-refractivity contribution in [3.63, 3.8) is 0 Å². The standard InChI is InChI=1S/C13H23NO/c1-3-4-5-12(15)13(10-14)8-6-11(2)7-9-13/h3,11H,1,4-10,14H2,2H3. The van der Waals surface area contributed by atoms with Gasteiger partial charge in [-0.3, -0.25) is 4.79 Å². The van der Waals surface area contributed by atoms with E-state index in [4.69, 9.17) is 5.73 Å². The van der Waals surface area contributed by atoms with E-state index in [0.717, 1.165) is 38.0 Å². The molecule has 0 aliphatic heterocycles. The van der Waals surface area contributed by atoms with Crippen molar-refractivity contribution in [2.45, 2.75) is 45.4 Å². The van der Waals surface area contributed by atoms with E-state index in [2.05, 4.69) is 13.5 Å². The van der Waals surface area contributed by atoms with Gasteiger partial charge in [0.1, 0.15) is 5.78 Å². The van der Waals surface area contributed by atoms with Gasteiger partial charge in [-0.2, -0.15) is 0 Å². The van der Waals surface area contributed by atoms with Crippen LogP contribution in [0.4, 0.5) is 0 Å². The summed E-state index contributed by atoms with van der Waals surface area (Å²) in [5.74, 6) is 1.12. The summed E-state index contributed by atoms with van der Waals surface area (Å²) in [4.78, 5) is 12.1. The number of allylic oxidation sites excluding steroid dienone is 1. The molecule has 1 saturated carbocycles. The SMILES string of the molecule is C=CCCC(=O)C1(CN)CCC(C)CC1. The van der Waals surface area contributed by atoms with E-state index in [9.17, 15) is 4.79 Å². The number of rotatable bonds is 5. The molecular weight excluding hydrogens is 186 g/mol. The fourth-order valence-corrected chi connectivity index (χ4v) is 2.41. The number of carbonyl (C=O) groups excluding carboxylic acids is 1. The maximum atomic E-state index is 12.1. The molecule has 1 fully saturated rings. The van der Waals surface area contributed by atoms with Crippen molar-refractivity contribution < 1.29 is 4.79 Å². The van der Waals surface area contributed by atoms with Gasteiger partial charge in [0.05, 0.1) is 0 Å². The molecule has 1 rings (SSSR count). The molecule has 0 aromatic carbocycles. The molecule has 0 aromatic rings. The van der Waals surface area contributed by atoms with Crippen molar-refractivity contribution in [3.05, 3.63) is 12.7 Å². The third-order valence-corrected chi connectivity index (χ3v) is 3.79. The summed E-state index contributed by atoms with van der Waals surface area (Å²) >= 11 is 0. The first-order chi connectivity index (χ1) is 7.14. The number of hydrogen-bond donors (Lipinski definition) is 1. The van der Waals surface area contributed by atoms with Crippen molar-refractivity contribution in [3.8, 4) is 0 Å². The smallest absolute Gasteiger partial charge is 0.140 e. The van der Waals surface area contributed by atoms with Gasteiger partial charge in [-0.05, 0) is 38.0 Å². The van der Waals surface area contributed by atoms with Gasteiger partial charge in [0.15, 0.2) is 0 Å². The van der Waals surface area contributed by atoms with Crippen molar-refractivity contribution in [2.75, 3.05) is 6.54 Å². The summed E-state index contributed by atoms with van der Waals surface area (Å²) < 4.78 is 0. The summed E-state index contributed by atoms with van der Waals surface area (Å²) in [6.07, 6.45) is 7.49. The molecule has 2 N–H and O–H groups in total. The van der Waals surface area contributed by atoms with Gasteiger partial charge in [-0.15, -0.1) is 6.58 Å². The van der Waals surface area contributed by atoms with Gasteiger partial charge in [-0.1, -0.05) is 13.0 Å². The normalized spacial score (nSPS) is 31.2. The molecule has 0 saturated heterocycles. The molecule has 2 nitrogen and oxygen atoms in total. The lowest BCUT2D eigenvalue weighted by Gasteiger charge is -2.37. The number of hydrogen-bond acceptors (Lipinski definition) is 2. The Balaban J connectivity index is 2.59. The highest BCUT2D eigenvalue weighted by Crippen LogP contribution is 2.39. The van der Waals surface area contributed by atoms with Crippen LogP contribution in [0.25, 0.3) is 0 Å². The molecule has 15 heavy (non-hydrogen) atoms. The maximum Gasteiger partial charge on any atom is 0.140 e. The predicted octanol–water partition coefficient (Wildman–Crippen LogP) is 2.68. The quantitative estimate of drug-likeness (QED) is 0.707. The van der Waals surface area contributed by atoms with Crippen molar-refractivity contribution in [1.29, 1.82) is 0 Å². The van der Waals surface area contributed by atoms with Gasteiger partial charge in [0.2, 0.25) is 0 Å². The first-order valence-corrected chi connectivity index (χ1v) is 5.99. The van der Waals surface area contributed by atoms with E-state index in [1.165, 1.54) is 0 Å². The van der Waals surface area contributed by atoms with Crippen LogP contribution in [-0.4, -0.2) is 12.3 Å². The van der Waals surface area contributed by atoms with E-state index in [-0.39, 0.29) is 5.41 Å². The highest BCUT2D eigenvalue weighted by atomic mass is 16.1. The zero-order valence-corrected chi connectivity index (χ0v) is 9.80. The van der Waals surface area contributed by atoms with Gasteiger partial charge in [-0.25, -0.2) is 0 Å². The van der Waals surface area contributed by atoms with E-state index >= 15 is 0 Å². The number of ketones is 1. The second-order valence-electron chi connectivity index (χ2n) is 4.92. The second-order valence-corrected chi connectivity index (χ2v) is 4.92. The molecule has 0 unspecified atom stereocenters. The topological polar surface area (TPSA) is 43.1 Å². The molecule has 0 amide bonds. The number of Topliss-reactive ketones (excluding diaryl/α,β-unsaturated/α-hetero) is 1. The van der Waals surface area contributed by atoms with Crippen LogP contribution in [0.15, 0.2) is 12.7 Å². The van der Waals surface area contributed by atoms with Crippen LogP contribution in [0.5, 0.6) is 0 Å². The van der Waals surface area contributed by atoms with Gasteiger partial charge in [0, 0.05) is 18.4 Å². The van der Waals surface area contributed by atoms with Crippen LogP contribution in [-0.2, 0) is 4.79 Å². The van der Waals surface area contributed by atoms with Crippen LogP contribution in [0, 0.1) is 11.3 Å². The zero-order valence-electron chi connectivity index (χ0n) is 9.80. The molecule has 0 radical (unpaired) electrons. The molecule has 1 aliphatic carbocycles. The average molecular weight is 209 g/mol. The Hall–Kier alpha value is -0.630. The Bertz CT molecular complexity index is 227. The maximum absolute atomic E-state index is 12.1. The summed E-state index contributed by atoms with van der Waals surface area (Å²) in [7, 11) is 0. The van der Waals surface area contributed by atoms with Crippen molar-refractivity contribution >= 4 is 5.78 Å². The third kappa shape index (κ3) is 2.91. The molecule has 1 aliphatic rings. The Kier molecular flexibility index (Phi) is 4.52. The molecule has 0 atom stereocenters. The Morgan fingerprint density at radius 1 is 1.53 bits per heavy atom. The Labute approximate surface area is 92.9 Å². The van der Waals surface area contributed by atoms with Gasteiger partial charge < -0.3 is 5.73 Å². The van der Waals surface area contributed by atoms with Crippen LogP contribution in [0.2, 0.25) is 0 Å². The molecule has 0 spiro atoms. The minimum absolute atomic E-state index is 0.199. The van der Waals surface area contributed by atoms with Crippen LogP contribution in [0.3, 0.4) is 0 Å². The van der Waals surface area contributed by atoms with Crippen LogP contribution in [0.1, 0.15) is 45.4 Å². The molecule has 0 aromatic heterocycles. The fourth-order valence-electron chi connectivity index (χ4n) is 2.41. The zero-order chi connectivity index (χ0) is 11.3. The highest BCUT2D eigenvalue weighted by molar-refractivity contribution is 5.85. The lowest BCUT2D eigenvalue weighted by molar-refractivity contribution is -0.130. The van der Waals surface area contributed by atoms with Crippen molar-refractivity contribution in [1.82, 2.24) is 0 Å². The van der Waals surface area contributed by atoms with Gasteiger partial charge in [0.25, 0.3) is 0 Å². The van der Waals surface area contributed by atoms with E-state index in [0.29, 0.717) is 18.7 Å². The minimum atomic E-state index is -0.199. The Morgan fingerprint density at radius 3 is 2.60 bits per heavy atom. The van der Waals surface area contributed by atoms with Gasteiger partial charge >= 0.3 is 0 Å².